The Bertz CT molecular complexity index is 541. The van der Waals surface area contributed by atoms with Crippen LogP contribution >= 0.6 is 11.3 Å². The number of rotatable bonds is 4. The molecule has 0 bridgehead atoms. The van der Waals surface area contributed by atoms with Crippen LogP contribution < -0.4 is 5.32 Å². The molecule has 19 heavy (non-hydrogen) atoms. The van der Waals surface area contributed by atoms with Crippen LogP contribution in [0.1, 0.15) is 56.2 Å². The Morgan fingerprint density at radius 2 is 2.11 bits per heavy atom. The van der Waals surface area contributed by atoms with Crippen molar-refractivity contribution in [2.75, 3.05) is 0 Å². The molecule has 0 aliphatic carbocycles. The number of hydrogen-bond acceptors (Lipinski definition) is 6. The second kappa shape index (κ2) is 5.38. The van der Waals surface area contributed by atoms with E-state index in [9.17, 15) is 0 Å². The van der Waals surface area contributed by atoms with Crippen molar-refractivity contribution in [3.63, 3.8) is 0 Å². The number of nitrogens with zero attached hydrogens (tertiary/aromatic N) is 3. The van der Waals surface area contributed by atoms with Gasteiger partial charge in [0.15, 0.2) is 5.82 Å². The first-order chi connectivity index (χ1) is 8.86. The van der Waals surface area contributed by atoms with Gasteiger partial charge in [0.1, 0.15) is 5.01 Å². The Labute approximate surface area is 117 Å². The summed E-state index contributed by atoms with van der Waals surface area (Å²) in [5, 5.41) is 10.3. The monoisotopic (exact) mass is 280 g/mol. The number of thiazole rings is 1. The van der Waals surface area contributed by atoms with Crippen molar-refractivity contribution in [3.05, 3.63) is 27.8 Å². The molecule has 0 fully saturated rings. The van der Waals surface area contributed by atoms with Gasteiger partial charge in [-0.05, 0) is 13.8 Å². The van der Waals surface area contributed by atoms with Gasteiger partial charge in [0.05, 0.1) is 18.3 Å². The third kappa shape index (κ3) is 3.61. The molecule has 1 atom stereocenters. The van der Waals surface area contributed by atoms with Crippen molar-refractivity contribution in [2.24, 2.45) is 0 Å². The standard InChI is InChI=1S/C13H20N4OS/c1-8(14-6-11-15-9(2)17-18-11)12-16-10(7-19-12)13(3,4)5/h7-8,14H,6H2,1-5H3/t8-/m1/s1. The van der Waals surface area contributed by atoms with Crippen LogP contribution in [-0.2, 0) is 12.0 Å². The molecule has 0 aliphatic rings. The van der Waals surface area contributed by atoms with Crippen LogP contribution in [0, 0.1) is 6.92 Å². The molecule has 2 aromatic rings. The Kier molecular flexibility index (Phi) is 4.01. The summed E-state index contributed by atoms with van der Waals surface area (Å²) >= 11 is 1.68. The molecule has 0 saturated carbocycles. The molecule has 0 unspecified atom stereocenters. The average molecular weight is 280 g/mol. The SMILES string of the molecule is Cc1noc(CN[C@H](C)c2nc(C(C)(C)C)cs2)n1. The smallest absolute Gasteiger partial charge is 0.240 e. The zero-order valence-electron chi connectivity index (χ0n) is 12.0. The van der Waals surface area contributed by atoms with Crippen molar-refractivity contribution in [2.45, 2.75) is 52.6 Å². The van der Waals surface area contributed by atoms with Gasteiger partial charge < -0.3 is 4.52 Å². The molecule has 0 aromatic carbocycles. The molecule has 1 N–H and O–H groups in total. The Balaban J connectivity index is 1.96. The van der Waals surface area contributed by atoms with Crippen LogP contribution in [0.15, 0.2) is 9.90 Å². The predicted molar refractivity (Wildman–Crippen MR) is 75.1 cm³/mol. The molecule has 2 heterocycles. The van der Waals surface area contributed by atoms with Crippen molar-refractivity contribution < 1.29 is 4.52 Å². The van der Waals surface area contributed by atoms with E-state index in [0.29, 0.717) is 18.3 Å². The van der Waals surface area contributed by atoms with Crippen LogP contribution in [0.3, 0.4) is 0 Å². The third-order valence-electron chi connectivity index (χ3n) is 2.79. The summed E-state index contributed by atoms with van der Waals surface area (Å²) in [6, 6.07) is 0.174. The highest BCUT2D eigenvalue weighted by molar-refractivity contribution is 7.09. The van der Waals surface area contributed by atoms with E-state index in [0.717, 1.165) is 10.7 Å². The second-order valence-corrected chi connectivity index (χ2v) is 6.55. The first kappa shape index (κ1) is 14.1. The molecular weight excluding hydrogens is 260 g/mol. The van der Waals surface area contributed by atoms with Crippen LogP contribution in [0.5, 0.6) is 0 Å². The molecule has 0 aliphatic heterocycles. The molecule has 0 spiro atoms. The summed E-state index contributed by atoms with van der Waals surface area (Å²) in [6.45, 7) is 11.0. The number of nitrogens with one attached hydrogen (secondary N) is 1. The highest BCUT2D eigenvalue weighted by Crippen LogP contribution is 2.26. The third-order valence-corrected chi connectivity index (χ3v) is 3.82. The van der Waals surface area contributed by atoms with Gasteiger partial charge in [0.2, 0.25) is 5.89 Å². The summed E-state index contributed by atoms with van der Waals surface area (Å²) in [4.78, 5) is 8.85. The summed E-state index contributed by atoms with van der Waals surface area (Å²) in [5.41, 5.74) is 1.23. The largest absolute Gasteiger partial charge is 0.338 e. The maximum absolute atomic E-state index is 5.07. The van der Waals surface area contributed by atoms with Crippen molar-refractivity contribution >= 4 is 11.3 Å². The lowest BCUT2D eigenvalue weighted by Crippen LogP contribution is -2.19. The molecule has 2 rings (SSSR count). The van der Waals surface area contributed by atoms with Gasteiger partial charge in [0.25, 0.3) is 0 Å². The molecule has 5 nitrogen and oxygen atoms in total. The molecule has 0 radical (unpaired) electrons. The molecule has 6 heteroatoms. The van der Waals surface area contributed by atoms with E-state index >= 15 is 0 Å². The maximum Gasteiger partial charge on any atom is 0.240 e. The first-order valence-corrected chi connectivity index (χ1v) is 7.22. The molecule has 2 aromatic heterocycles. The van der Waals surface area contributed by atoms with Crippen LogP contribution in [0.2, 0.25) is 0 Å². The van der Waals surface area contributed by atoms with Crippen LogP contribution in [0.4, 0.5) is 0 Å². The van der Waals surface area contributed by atoms with Gasteiger partial charge in [-0.15, -0.1) is 11.3 Å². The van der Waals surface area contributed by atoms with E-state index in [1.165, 1.54) is 0 Å². The quantitative estimate of drug-likeness (QED) is 0.932. The first-order valence-electron chi connectivity index (χ1n) is 6.35. The molecule has 104 valence electrons. The molecule has 0 saturated heterocycles. The number of hydrogen-bond donors (Lipinski definition) is 1. The van der Waals surface area contributed by atoms with E-state index in [4.69, 9.17) is 4.52 Å². The summed E-state index contributed by atoms with van der Waals surface area (Å²) in [7, 11) is 0. The van der Waals surface area contributed by atoms with Crippen molar-refractivity contribution in [3.8, 4) is 0 Å². The lowest BCUT2D eigenvalue weighted by molar-refractivity contribution is 0.357. The van der Waals surface area contributed by atoms with E-state index < -0.39 is 0 Å². The van der Waals surface area contributed by atoms with Crippen molar-refractivity contribution in [1.82, 2.24) is 20.4 Å². The van der Waals surface area contributed by atoms with Crippen LogP contribution in [-0.4, -0.2) is 15.1 Å². The van der Waals surface area contributed by atoms with Gasteiger partial charge in [0, 0.05) is 10.8 Å². The average Bonchev–Trinajstić information content (AvgIpc) is 2.93. The van der Waals surface area contributed by atoms with Gasteiger partial charge >= 0.3 is 0 Å². The summed E-state index contributed by atoms with van der Waals surface area (Å²) in [5.74, 6) is 1.27. The van der Waals surface area contributed by atoms with E-state index in [2.05, 4.69) is 53.5 Å². The van der Waals surface area contributed by atoms with Crippen molar-refractivity contribution in [1.29, 1.82) is 0 Å². The fraction of sp³-hybridized carbons (Fsp3) is 0.615. The lowest BCUT2D eigenvalue weighted by atomic mass is 9.93. The van der Waals surface area contributed by atoms with E-state index in [-0.39, 0.29) is 11.5 Å². The van der Waals surface area contributed by atoms with Crippen LogP contribution in [0.25, 0.3) is 0 Å². The zero-order chi connectivity index (χ0) is 14.0. The minimum Gasteiger partial charge on any atom is -0.338 e. The number of aryl methyl sites for hydroxylation is 1. The van der Waals surface area contributed by atoms with Gasteiger partial charge in [-0.3, -0.25) is 5.32 Å². The topological polar surface area (TPSA) is 63.8 Å². The van der Waals surface area contributed by atoms with Gasteiger partial charge in [-0.25, -0.2) is 4.98 Å². The Morgan fingerprint density at radius 3 is 2.63 bits per heavy atom. The highest BCUT2D eigenvalue weighted by atomic mass is 32.1. The Hall–Kier alpha value is -1.27. The van der Waals surface area contributed by atoms with E-state index in [1.807, 2.05) is 6.92 Å². The highest BCUT2D eigenvalue weighted by Gasteiger charge is 2.19. The van der Waals surface area contributed by atoms with Gasteiger partial charge in [-0.1, -0.05) is 25.9 Å². The lowest BCUT2D eigenvalue weighted by Gasteiger charge is -2.15. The fourth-order valence-corrected chi connectivity index (χ4v) is 2.65. The summed E-state index contributed by atoms with van der Waals surface area (Å²) in [6.07, 6.45) is 0. The second-order valence-electron chi connectivity index (χ2n) is 5.66. The van der Waals surface area contributed by atoms with Gasteiger partial charge in [-0.2, -0.15) is 4.98 Å². The molecular formula is C13H20N4OS. The fourth-order valence-electron chi connectivity index (χ4n) is 1.57. The summed E-state index contributed by atoms with van der Waals surface area (Å²) < 4.78 is 5.07. The number of aromatic nitrogens is 3. The minimum absolute atomic E-state index is 0.0953. The van der Waals surface area contributed by atoms with E-state index in [1.54, 1.807) is 11.3 Å². The minimum atomic E-state index is 0.0953. The zero-order valence-corrected chi connectivity index (χ0v) is 12.8. The Morgan fingerprint density at radius 1 is 1.37 bits per heavy atom. The maximum atomic E-state index is 5.07. The predicted octanol–water partition coefficient (Wildman–Crippen LogP) is 2.98. The normalized spacial score (nSPS) is 13.7. The molecule has 0 amide bonds.